The van der Waals surface area contributed by atoms with Crippen LogP contribution in [0.4, 0.5) is 0 Å². The fraction of sp³-hybridized carbons (Fsp3) is 0.440. The van der Waals surface area contributed by atoms with Gasteiger partial charge < -0.3 is 24.6 Å². The highest BCUT2D eigenvalue weighted by molar-refractivity contribution is 6.46. The first-order valence-electron chi connectivity index (χ1n) is 11.5. The predicted octanol–water partition coefficient (Wildman–Crippen LogP) is 2.97. The van der Waals surface area contributed by atoms with E-state index in [0.717, 1.165) is 13.1 Å². The number of pyridine rings is 1. The van der Waals surface area contributed by atoms with E-state index in [0.29, 0.717) is 35.6 Å². The van der Waals surface area contributed by atoms with Gasteiger partial charge in [0, 0.05) is 30.5 Å². The van der Waals surface area contributed by atoms with E-state index in [1.807, 2.05) is 13.8 Å². The molecule has 0 spiro atoms. The lowest BCUT2D eigenvalue weighted by Gasteiger charge is -2.27. The van der Waals surface area contributed by atoms with Crippen LogP contribution >= 0.6 is 0 Å². The summed E-state index contributed by atoms with van der Waals surface area (Å²) in [6.07, 6.45) is 1.59. The van der Waals surface area contributed by atoms with Crippen molar-refractivity contribution in [2.75, 3.05) is 32.8 Å². The second-order valence-corrected chi connectivity index (χ2v) is 8.12. The van der Waals surface area contributed by atoms with Crippen LogP contribution in [0.3, 0.4) is 0 Å². The van der Waals surface area contributed by atoms with Gasteiger partial charge in [0.25, 0.3) is 11.7 Å². The van der Waals surface area contributed by atoms with Crippen LogP contribution in [0.15, 0.2) is 30.0 Å². The molecule has 2 N–H and O–H groups in total. The molecule has 0 radical (unpaired) electrons. The van der Waals surface area contributed by atoms with Crippen molar-refractivity contribution >= 4 is 23.4 Å². The highest BCUT2D eigenvalue weighted by atomic mass is 16.5. The minimum absolute atomic E-state index is 0.0381. The molecule has 2 aromatic rings. The van der Waals surface area contributed by atoms with Crippen molar-refractivity contribution in [3.8, 4) is 0 Å². The molecule has 3 rings (SSSR count). The molecule has 1 aliphatic rings. The maximum atomic E-state index is 13.2. The average molecular weight is 469 g/mol. The van der Waals surface area contributed by atoms with Crippen LogP contribution in [0.2, 0.25) is 0 Å². The first-order chi connectivity index (χ1) is 16.3. The summed E-state index contributed by atoms with van der Waals surface area (Å²) in [5.41, 5.74) is 1.90. The summed E-state index contributed by atoms with van der Waals surface area (Å²) in [5, 5.41) is 11.4. The molecule has 1 saturated heterocycles. The Bertz CT molecular complexity index is 1100. The molecule has 0 bridgehead atoms. The molecule has 3 heterocycles. The maximum absolute atomic E-state index is 13.2. The Kier molecular flexibility index (Phi) is 7.88. The highest BCUT2D eigenvalue weighted by Gasteiger charge is 2.47. The van der Waals surface area contributed by atoms with E-state index in [1.165, 1.54) is 4.90 Å². The number of carbonyl (C=O) groups is 3. The number of esters is 1. The van der Waals surface area contributed by atoms with E-state index in [4.69, 9.17) is 4.74 Å². The highest BCUT2D eigenvalue weighted by Crippen LogP contribution is 2.40. The number of aliphatic hydroxyl groups is 1. The zero-order valence-corrected chi connectivity index (χ0v) is 20.3. The van der Waals surface area contributed by atoms with E-state index >= 15 is 0 Å². The lowest BCUT2D eigenvalue weighted by Crippen LogP contribution is -2.38. The fourth-order valence-electron chi connectivity index (χ4n) is 4.39. The molecule has 34 heavy (non-hydrogen) atoms. The minimum Gasteiger partial charge on any atom is -0.507 e. The van der Waals surface area contributed by atoms with Gasteiger partial charge in [-0.1, -0.05) is 19.9 Å². The van der Waals surface area contributed by atoms with E-state index in [-0.39, 0.29) is 23.6 Å². The summed E-state index contributed by atoms with van der Waals surface area (Å²) in [6.45, 7) is 11.8. The zero-order valence-electron chi connectivity index (χ0n) is 20.3. The van der Waals surface area contributed by atoms with Crippen molar-refractivity contribution in [1.29, 1.82) is 0 Å². The molecule has 9 nitrogen and oxygen atoms in total. The molecule has 1 atom stereocenters. The quantitative estimate of drug-likeness (QED) is 0.252. The SMILES string of the molecule is CCOC(=O)c1[nH]c(C)c(C(O)=C2C(=O)C(=O)N(CCN(CC)CC)C2c2ccccn2)c1C. The number of carbonyl (C=O) groups excluding carboxylic acids is 3. The lowest BCUT2D eigenvalue weighted by molar-refractivity contribution is -0.140. The molecule has 2 aromatic heterocycles. The van der Waals surface area contributed by atoms with Crippen LogP contribution in [0.5, 0.6) is 0 Å². The molecule has 1 fully saturated rings. The van der Waals surface area contributed by atoms with Crippen molar-refractivity contribution in [3.63, 3.8) is 0 Å². The number of aryl methyl sites for hydroxylation is 1. The van der Waals surface area contributed by atoms with Crippen LogP contribution in [-0.2, 0) is 14.3 Å². The summed E-state index contributed by atoms with van der Waals surface area (Å²) < 4.78 is 5.09. The van der Waals surface area contributed by atoms with Gasteiger partial charge in [-0.2, -0.15) is 0 Å². The van der Waals surface area contributed by atoms with Gasteiger partial charge in [-0.25, -0.2) is 4.79 Å². The molecule has 9 heteroatoms. The summed E-state index contributed by atoms with van der Waals surface area (Å²) in [5.74, 6) is -2.34. The van der Waals surface area contributed by atoms with Crippen molar-refractivity contribution in [2.45, 2.75) is 40.7 Å². The number of Topliss-reactive ketones (excluding diaryl/α,β-unsaturated/α-hetero) is 1. The number of nitrogens with one attached hydrogen (secondary N) is 1. The number of hydrogen-bond donors (Lipinski definition) is 2. The Balaban J connectivity index is 2.14. The molecule has 1 aliphatic heterocycles. The van der Waals surface area contributed by atoms with Gasteiger partial charge in [-0.15, -0.1) is 0 Å². The standard InChI is InChI=1S/C25H32N4O5/c1-6-28(7-2)13-14-29-21(17-11-9-10-12-26-17)19(23(31)24(29)32)22(30)18-15(4)20(27-16(18)5)25(33)34-8-3/h9-12,21,27,30H,6-8,13-14H2,1-5H3. The zero-order chi connectivity index (χ0) is 25.0. The van der Waals surface area contributed by atoms with Crippen molar-refractivity contribution in [1.82, 2.24) is 19.8 Å². The Morgan fingerprint density at radius 2 is 1.91 bits per heavy atom. The van der Waals surface area contributed by atoms with Crippen molar-refractivity contribution < 1.29 is 24.2 Å². The number of H-pyrrole nitrogens is 1. The Morgan fingerprint density at radius 3 is 2.50 bits per heavy atom. The van der Waals surface area contributed by atoms with E-state index in [9.17, 15) is 19.5 Å². The number of amides is 1. The van der Waals surface area contributed by atoms with Crippen molar-refractivity contribution in [2.24, 2.45) is 0 Å². The number of rotatable bonds is 9. The third kappa shape index (κ3) is 4.61. The number of hydrogen-bond acceptors (Lipinski definition) is 7. The predicted molar refractivity (Wildman–Crippen MR) is 127 cm³/mol. The van der Waals surface area contributed by atoms with Gasteiger partial charge in [0.2, 0.25) is 0 Å². The molecule has 0 aromatic carbocycles. The Labute approximate surface area is 199 Å². The number of likely N-dealkylation sites (tertiary alicyclic amines) is 1. The number of ketones is 1. The normalized spacial score (nSPS) is 17.6. The van der Waals surface area contributed by atoms with Crippen LogP contribution < -0.4 is 0 Å². The Morgan fingerprint density at radius 1 is 1.21 bits per heavy atom. The third-order valence-electron chi connectivity index (χ3n) is 6.21. The molecular formula is C25H32N4O5. The fourth-order valence-corrected chi connectivity index (χ4v) is 4.39. The minimum atomic E-state index is -0.837. The van der Waals surface area contributed by atoms with Crippen LogP contribution in [0.1, 0.15) is 59.8 Å². The van der Waals surface area contributed by atoms with Gasteiger partial charge in [0.1, 0.15) is 17.5 Å². The number of nitrogens with zero attached hydrogens (tertiary/aromatic N) is 3. The number of aromatic amines is 1. The molecule has 0 saturated carbocycles. The molecule has 1 amide bonds. The van der Waals surface area contributed by atoms with E-state index in [1.54, 1.807) is 45.2 Å². The monoisotopic (exact) mass is 468 g/mol. The number of ether oxygens (including phenoxy) is 1. The second kappa shape index (κ2) is 10.6. The topological polar surface area (TPSA) is 116 Å². The van der Waals surface area contributed by atoms with Gasteiger partial charge >= 0.3 is 5.97 Å². The van der Waals surface area contributed by atoms with Gasteiger partial charge in [-0.05, 0) is 51.6 Å². The Hall–Kier alpha value is -3.46. The van der Waals surface area contributed by atoms with E-state index in [2.05, 4.69) is 14.9 Å². The molecule has 182 valence electrons. The summed E-state index contributed by atoms with van der Waals surface area (Å²) in [4.78, 5) is 49.6. The molecule has 0 aliphatic carbocycles. The van der Waals surface area contributed by atoms with Gasteiger partial charge in [-0.3, -0.25) is 14.6 Å². The lowest BCUT2D eigenvalue weighted by atomic mass is 9.96. The first-order valence-corrected chi connectivity index (χ1v) is 11.5. The summed E-state index contributed by atoms with van der Waals surface area (Å²) in [7, 11) is 0. The van der Waals surface area contributed by atoms with Gasteiger partial charge in [0.15, 0.2) is 0 Å². The van der Waals surface area contributed by atoms with Crippen LogP contribution in [-0.4, -0.2) is 75.3 Å². The summed E-state index contributed by atoms with van der Waals surface area (Å²) in [6, 6.07) is 4.42. The number of aromatic nitrogens is 2. The largest absolute Gasteiger partial charge is 0.507 e. The van der Waals surface area contributed by atoms with E-state index < -0.39 is 23.7 Å². The smallest absolute Gasteiger partial charge is 0.355 e. The number of aliphatic hydroxyl groups excluding tert-OH is 1. The van der Waals surface area contributed by atoms with Gasteiger partial charge in [0.05, 0.1) is 17.9 Å². The number of likely N-dealkylation sites (N-methyl/N-ethyl adjacent to an activating group) is 1. The summed E-state index contributed by atoms with van der Waals surface area (Å²) >= 11 is 0. The third-order valence-corrected chi connectivity index (χ3v) is 6.21. The second-order valence-electron chi connectivity index (χ2n) is 8.12. The van der Waals surface area contributed by atoms with Crippen molar-refractivity contribution in [3.05, 3.63) is 58.2 Å². The molecule has 1 unspecified atom stereocenters. The van der Waals surface area contributed by atoms with Crippen LogP contribution in [0, 0.1) is 13.8 Å². The first kappa shape index (κ1) is 25.2. The maximum Gasteiger partial charge on any atom is 0.355 e. The molecular weight excluding hydrogens is 436 g/mol. The van der Waals surface area contributed by atoms with Crippen LogP contribution in [0.25, 0.3) is 5.76 Å². The average Bonchev–Trinajstić information content (AvgIpc) is 3.27.